The van der Waals surface area contributed by atoms with Crippen LogP contribution in [0.3, 0.4) is 0 Å². The van der Waals surface area contributed by atoms with Crippen molar-refractivity contribution in [2.45, 2.75) is 39.3 Å². The lowest BCUT2D eigenvalue weighted by Crippen LogP contribution is -2.46. The van der Waals surface area contributed by atoms with Crippen LogP contribution in [0.4, 0.5) is 4.79 Å². The number of hydrogen-bond acceptors (Lipinski definition) is 3. The molecule has 0 spiro atoms. The Bertz CT molecular complexity index is 1300. The van der Waals surface area contributed by atoms with Crippen LogP contribution in [0.1, 0.15) is 39.3 Å². The molecule has 0 aliphatic rings. The first-order chi connectivity index (χ1) is 14.2. The largest absolute Gasteiger partial charge is 0.465 e. The second-order valence-corrected chi connectivity index (χ2v) is 9.42. The van der Waals surface area contributed by atoms with Gasteiger partial charge in [-0.2, -0.15) is 0 Å². The van der Waals surface area contributed by atoms with Gasteiger partial charge in [-0.15, -0.1) is 11.3 Å². The van der Waals surface area contributed by atoms with E-state index in [0.717, 1.165) is 37.7 Å². The zero-order chi connectivity index (χ0) is 21.6. The average molecular weight is 421 g/mol. The number of aromatic amines is 1. The van der Waals surface area contributed by atoms with Crippen molar-refractivity contribution in [3.63, 3.8) is 0 Å². The molecular formula is C24H24N2O3S. The molecule has 2 aromatic carbocycles. The van der Waals surface area contributed by atoms with Crippen molar-refractivity contribution in [3.05, 3.63) is 69.8 Å². The molecule has 0 aliphatic heterocycles. The number of carbonyl (C=O) groups is 1. The Morgan fingerprint density at radius 3 is 2.33 bits per heavy atom. The van der Waals surface area contributed by atoms with Gasteiger partial charge in [0.05, 0.1) is 6.04 Å². The molecule has 5 nitrogen and oxygen atoms in total. The van der Waals surface area contributed by atoms with Gasteiger partial charge in [-0.05, 0) is 68.0 Å². The van der Waals surface area contributed by atoms with Crippen molar-refractivity contribution in [2.75, 3.05) is 0 Å². The lowest BCUT2D eigenvalue weighted by atomic mass is 9.96. The third kappa shape index (κ3) is 3.48. The van der Waals surface area contributed by atoms with Crippen molar-refractivity contribution in [2.24, 2.45) is 0 Å². The van der Waals surface area contributed by atoms with Gasteiger partial charge in [-0.25, -0.2) is 4.79 Å². The summed E-state index contributed by atoms with van der Waals surface area (Å²) in [5, 5.41) is 13.6. The number of nitrogens with one attached hydrogen (secondary N) is 1. The maximum Gasteiger partial charge on any atom is 0.408 e. The molecule has 6 heteroatoms. The molecule has 2 N–H and O–H groups in total. The lowest BCUT2D eigenvalue weighted by Gasteiger charge is -2.38. The van der Waals surface area contributed by atoms with Crippen LogP contribution in [-0.2, 0) is 0 Å². The van der Waals surface area contributed by atoms with Gasteiger partial charge >= 0.3 is 6.09 Å². The van der Waals surface area contributed by atoms with Gasteiger partial charge in [0, 0.05) is 21.8 Å². The number of H-pyrrole nitrogens is 1. The molecule has 0 fully saturated rings. The maximum absolute atomic E-state index is 12.2. The van der Waals surface area contributed by atoms with Crippen molar-refractivity contribution < 1.29 is 9.90 Å². The molecular weight excluding hydrogens is 396 g/mol. The fraction of sp³-hybridized carbons (Fsp3) is 0.250. The van der Waals surface area contributed by atoms with Gasteiger partial charge in [0.1, 0.15) is 4.70 Å². The van der Waals surface area contributed by atoms with Crippen LogP contribution in [0.2, 0.25) is 0 Å². The van der Waals surface area contributed by atoms with Crippen LogP contribution < -0.4 is 5.56 Å². The Labute approximate surface area is 178 Å². The number of carboxylic acid groups (broad SMARTS) is 1. The zero-order valence-electron chi connectivity index (χ0n) is 17.4. The molecule has 0 unspecified atom stereocenters. The minimum Gasteiger partial charge on any atom is -0.465 e. The summed E-state index contributed by atoms with van der Waals surface area (Å²) in [5.74, 6) is 0. The predicted molar refractivity (Wildman–Crippen MR) is 123 cm³/mol. The van der Waals surface area contributed by atoms with Crippen molar-refractivity contribution >= 4 is 38.4 Å². The standard InChI is InChI=1S/C24H24N2O3S/c1-14(26(23(28)29)24(2,3)4)15-5-7-16(8-6-15)17-9-10-20-19(13-17)18-11-12-30-21(18)22(27)25-20/h5-14H,1-4H3,(H,25,27)(H,28,29)/t14-/m1/s1. The highest BCUT2D eigenvalue weighted by Gasteiger charge is 2.31. The highest BCUT2D eigenvalue weighted by molar-refractivity contribution is 7.17. The molecule has 4 rings (SSSR count). The van der Waals surface area contributed by atoms with Gasteiger partial charge in [-0.3, -0.25) is 9.69 Å². The van der Waals surface area contributed by atoms with Gasteiger partial charge in [0.25, 0.3) is 5.56 Å². The Morgan fingerprint density at radius 1 is 1.03 bits per heavy atom. The Morgan fingerprint density at radius 2 is 1.70 bits per heavy atom. The number of hydrogen-bond donors (Lipinski definition) is 2. The highest BCUT2D eigenvalue weighted by Crippen LogP contribution is 2.32. The number of benzene rings is 2. The first-order valence-corrected chi connectivity index (χ1v) is 10.7. The van der Waals surface area contributed by atoms with Crippen LogP contribution in [0.15, 0.2) is 58.7 Å². The molecule has 0 radical (unpaired) electrons. The number of aromatic nitrogens is 1. The maximum atomic E-state index is 12.2. The summed E-state index contributed by atoms with van der Waals surface area (Å²) in [6.45, 7) is 7.61. The summed E-state index contributed by atoms with van der Waals surface area (Å²) in [6.07, 6.45) is -0.928. The quantitative estimate of drug-likeness (QED) is 0.411. The number of amides is 1. The molecule has 0 saturated heterocycles. The van der Waals surface area contributed by atoms with Crippen LogP contribution in [0, 0.1) is 0 Å². The van der Waals surface area contributed by atoms with Crippen molar-refractivity contribution in [3.8, 4) is 11.1 Å². The van der Waals surface area contributed by atoms with E-state index in [1.54, 1.807) is 0 Å². The summed E-state index contributed by atoms with van der Waals surface area (Å²) in [7, 11) is 0. The van der Waals surface area contributed by atoms with Crippen LogP contribution in [0.25, 0.3) is 32.1 Å². The first kappa shape index (κ1) is 20.2. The predicted octanol–water partition coefficient (Wildman–Crippen LogP) is 6.25. The fourth-order valence-electron chi connectivity index (χ4n) is 4.07. The van der Waals surface area contributed by atoms with Crippen molar-refractivity contribution in [1.29, 1.82) is 0 Å². The van der Waals surface area contributed by atoms with Crippen molar-refractivity contribution in [1.82, 2.24) is 9.88 Å². The molecule has 4 aromatic rings. The topological polar surface area (TPSA) is 73.4 Å². The van der Waals surface area contributed by atoms with E-state index in [0.29, 0.717) is 0 Å². The second kappa shape index (κ2) is 7.29. The molecule has 2 heterocycles. The molecule has 1 amide bonds. The third-order valence-electron chi connectivity index (χ3n) is 5.47. The highest BCUT2D eigenvalue weighted by atomic mass is 32.1. The molecule has 0 saturated carbocycles. The summed E-state index contributed by atoms with van der Waals surface area (Å²) in [5.41, 5.74) is 3.31. The van der Waals surface area contributed by atoms with Crippen LogP contribution in [0.5, 0.6) is 0 Å². The van der Waals surface area contributed by atoms with Crippen LogP contribution >= 0.6 is 11.3 Å². The van der Waals surface area contributed by atoms with E-state index in [2.05, 4.69) is 11.1 Å². The van der Waals surface area contributed by atoms with Gasteiger partial charge in [0.15, 0.2) is 0 Å². The fourth-order valence-corrected chi connectivity index (χ4v) is 4.87. The molecule has 2 aromatic heterocycles. The molecule has 30 heavy (non-hydrogen) atoms. The normalized spacial score (nSPS) is 12.9. The van der Waals surface area contributed by atoms with E-state index in [1.165, 1.54) is 16.2 Å². The van der Waals surface area contributed by atoms with E-state index in [4.69, 9.17) is 0 Å². The Balaban J connectivity index is 1.72. The average Bonchev–Trinajstić information content (AvgIpc) is 3.17. The van der Waals surface area contributed by atoms with E-state index in [1.807, 2.05) is 75.5 Å². The van der Waals surface area contributed by atoms with E-state index < -0.39 is 11.6 Å². The van der Waals surface area contributed by atoms with Crippen LogP contribution in [-0.4, -0.2) is 26.6 Å². The lowest BCUT2D eigenvalue weighted by molar-refractivity contribution is 0.0753. The van der Waals surface area contributed by atoms with Gasteiger partial charge in [-0.1, -0.05) is 30.3 Å². The van der Waals surface area contributed by atoms with Gasteiger partial charge < -0.3 is 10.1 Å². The Kier molecular flexibility index (Phi) is 4.90. The number of nitrogens with zero attached hydrogens (tertiary/aromatic N) is 1. The summed E-state index contributed by atoms with van der Waals surface area (Å²) >= 11 is 1.45. The summed E-state index contributed by atoms with van der Waals surface area (Å²) < 4.78 is 0.736. The second-order valence-electron chi connectivity index (χ2n) is 8.50. The molecule has 0 aliphatic carbocycles. The van der Waals surface area contributed by atoms with Gasteiger partial charge in [0.2, 0.25) is 0 Å². The smallest absolute Gasteiger partial charge is 0.408 e. The molecule has 0 bridgehead atoms. The number of rotatable bonds is 3. The minimum atomic E-state index is -0.928. The summed E-state index contributed by atoms with van der Waals surface area (Å²) in [6, 6.07) is 15.8. The van der Waals surface area contributed by atoms with E-state index in [9.17, 15) is 14.7 Å². The number of pyridine rings is 1. The number of fused-ring (bicyclic) bond motifs is 3. The minimum absolute atomic E-state index is 0.0552. The third-order valence-corrected chi connectivity index (χ3v) is 6.39. The number of thiophene rings is 1. The first-order valence-electron chi connectivity index (χ1n) is 9.82. The SMILES string of the molecule is C[C@H](c1ccc(-c2ccc3[nH]c(=O)c4sccc4c3c2)cc1)N(C(=O)O)C(C)(C)C. The monoisotopic (exact) mass is 420 g/mol. The molecule has 154 valence electrons. The Hall–Kier alpha value is -3.12. The zero-order valence-corrected chi connectivity index (χ0v) is 18.2. The van der Waals surface area contributed by atoms with E-state index in [-0.39, 0.29) is 11.6 Å². The summed E-state index contributed by atoms with van der Waals surface area (Å²) in [4.78, 5) is 28.4. The van der Waals surface area contributed by atoms with E-state index >= 15 is 0 Å². The molecule has 1 atom stereocenters.